The van der Waals surface area contributed by atoms with Gasteiger partial charge in [-0.2, -0.15) is 13.2 Å². The lowest BCUT2D eigenvalue weighted by atomic mass is 10.1. The summed E-state index contributed by atoms with van der Waals surface area (Å²) in [6.45, 7) is 0. The summed E-state index contributed by atoms with van der Waals surface area (Å²) in [6, 6.07) is 2.76. The van der Waals surface area contributed by atoms with Crippen LogP contribution in [0.2, 0.25) is 0 Å². The van der Waals surface area contributed by atoms with Crippen molar-refractivity contribution in [2.75, 3.05) is 0 Å². The summed E-state index contributed by atoms with van der Waals surface area (Å²) in [4.78, 5) is 10.4. The molecule has 0 radical (unpaired) electrons. The van der Waals surface area contributed by atoms with Gasteiger partial charge in [0.25, 0.3) is 0 Å². The number of rotatable bonds is 1. The Bertz CT molecular complexity index is 373. The number of hydrogen-bond acceptors (Lipinski definition) is 2. The predicted octanol–water partition coefficient (Wildman–Crippen LogP) is 1.83. The quantitative estimate of drug-likeness (QED) is 0.779. The summed E-state index contributed by atoms with van der Waals surface area (Å²) in [6.07, 6.45) is -4.70. The van der Waals surface area contributed by atoms with Crippen molar-refractivity contribution in [2.24, 2.45) is 0 Å². The van der Waals surface area contributed by atoms with E-state index in [0.29, 0.717) is 6.07 Å². The van der Waals surface area contributed by atoms with E-state index in [0.717, 1.165) is 6.07 Å². The molecule has 2 nitrogen and oxygen atoms in total. The lowest BCUT2D eigenvalue weighted by Crippen LogP contribution is -2.26. The molecule has 0 aromatic heterocycles. The first-order valence-corrected chi connectivity index (χ1v) is 4.20. The highest BCUT2D eigenvalue weighted by molar-refractivity contribution is 9.10. The minimum atomic E-state index is -4.70. The summed E-state index contributed by atoms with van der Waals surface area (Å²) in [5.41, 5.74) is -2.08. The molecule has 0 fully saturated rings. The van der Waals surface area contributed by atoms with E-state index < -0.39 is 23.3 Å². The highest BCUT2D eigenvalue weighted by atomic mass is 79.9. The molecule has 14 heavy (non-hydrogen) atoms. The molecule has 0 unspecified atom stereocenters. The van der Waals surface area contributed by atoms with Crippen molar-refractivity contribution in [2.45, 2.75) is 6.18 Å². The van der Waals surface area contributed by atoms with Gasteiger partial charge in [0.15, 0.2) is 0 Å². The molecule has 0 amide bonds. The monoisotopic (exact) mass is 267 g/mol. The topological polar surface area (TPSA) is 40.1 Å². The fraction of sp³-hybridized carbons (Fsp3) is 0.125. The van der Waals surface area contributed by atoms with Crippen molar-refractivity contribution in [1.82, 2.24) is 0 Å². The van der Waals surface area contributed by atoms with Crippen LogP contribution in [0.25, 0.3) is 0 Å². The van der Waals surface area contributed by atoms with E-state index >= 15 is 0 Å². The second-order valence-corrected chi connectivity index (χ2v) is 3.39. The zero-order valence-corrected chi connectivity index (χ0v) is 8.15. The van der Waals surface area contributed by atoms with E-state index in [1.807, 2.05) is 0 Å². The Kier molecular flexibility index (Phi) is 2.84. The first-order chi connectivity index (χ1) is 6.32. The Morgan fingerprint density at radius 2 is 1.93 bits per heavy atom. The number of halogens is 4. The van der Waals surface area contributed by atoms with Crippen molar-refractivity contribution in [3.05, 3.63) is 33.8 Å². The largest absolute Gasteiger partial charge is 0.545 e. The third-order valence-corrected chi connectivity index (χ3v) is 2.00. The molecule has 0 heterocycles. The van der Waals surface area contributed by atoms with E-state index in [2.05, 4.69) is 15.9 Å². The van der Waals surface area contributed by atoms with Crippen molar-refractivity contribution in [3.63, 3.8) is 0 Å². The van der Waals surface area contributed by atoms with Crippen LogP contribution in [0.15, 0.2) is 22.7 Å². The van der Waals surface area contributed by atoms with E-state index in [4.69, 9.17) is 0 Å². The molecule has 0 saturated heterocycles. The van der Waals surface area contributed by atoms with Crippen LogP contribution in [0.1, 0.15) is 15.9 Å². The van der Waals surface area contributed by atoms with Gasteiger partial charge in [0.1, 0.15) is 0 Å². The molecule has 1 aromatic carbocycles. The lowest BCUT2D eigenvalue weighted by molar-refractivity contribution is -0.255. The zero-order chi connectivity index (χ0) is 10.9. The van der Waals surface area contributed by atoms with Crippen LogP contribution in [0.3, 0.4) is 0 Å². The average molecular weight is 268 g/mol. The van der Waals surface area contributed by atoms with Crippen molar-refractivity contribution in [1.29, 1.82) is 0 Å². The number of carbonyl (C=O) groups is 1. The molecule has 0 bridgehead atoms. The van der Waals surface area contributed by atoms with E-state index in [9.17, 15) is 23.1 Å². The van der Waals surface area contributed by atoms with Gasteiger partial charge in [0, 0.05) is 10.0 Å². The number of benzene rings is 1. The second-order valence-electron chi connectivity index (χ2n) is 2.48. The molecule has 6 heteroatoms. The minimum Gasteiger partial charge on any atom is -0.545 e. The van der Waals surface area contributed by atoms with Crippen LogP contribution < -0.4 is 5.11 Å². The summed E-state index contributed by atoms with van der Waals surface area (Å²) >= 11 is 2.82. The molecule has 1 rings (SSSR count). The maximum absolute atomic E-state index is 12.3. The van der Waals surface area contributed by atoms with E-state index in [1.165, 1.54) is 6.07 Å². The number of carboxylic acid groups (broad SMARTS) is 1. The van der Waals surface area contributed by atoms with Gasteiger partial charge in [-0.1, -0.05) is 22.0 Å². The minimum absolute atomic E-state index is 0.162. The van der Waals surface area contributed by atoms with Crippen LogP contribution in [-0.2, 0) is 6.18 Å². The molecule has 0 spiro atoms. The first-order valence-electron chi connectivity index (χ1n) is 3.40. The van der Waals surface area contributed by atoms with Crippen LogP contribution in [0, 0.1) is 0 Å². The average Bonchev–Trinajstić information content (AvgIpc) is 2.01. The zero-order valence-electron chi connectivity index (χ0n) is 6.56. The molecular weight excluding hydrogens is 265 g/mol. The molecule has 0 saturated carbocycles. The number of hydrogen-bond donors (Lipinski definition) is 0. The number of alkyl halides is 3. The summed E-state index contributed by atoms with van der Waals surface area (Å²) in [7, 11) is 0. The van der Waals surface area contributed by atoms with Crippen molar-refractivity contribution < 1.29 is 23.1 Å². The van der Waals surface area contributed by atoms with Crippen LogP contribution in [0.5, 0.6) is 0 Å². The first kappa shape index (κ1) is 11.0. The van der Waals surface area contributed by atoms with Gasteiger partial charge in [-0.25, -0.2) is 0 Å². The SMILES string of the molecule is O=C([O-])c1ccc(Br)cc1C(F)(F)F. The van der Waals surface area contributed by atoms with Gasteiger partial charge >= 0.3 is 6.18 Å². The number of carboxylic acids is 1. The standard InChI is InChI=1S/C8H4BrF3O2/c9-4-1-2-5(7(13)14)6(3-4)8(10,11)12/h1-3H,(H,13,14)/p-1. The van der Waals surface area contributed by atoms with Crippen molar-refractivity contribution in [3.8, 4) is 0 Å². The highest BCUT2D eigenvalue weighted by Gasteiger charge is 2.33. The maximum atomic E-state index is 12.3. The Labute approximate surface area is 85.5 Å². The van der Waals surface area contributed by atoms with Crippen LogP contribution in [-0.4, -0.2) is 5.97 Å². The van der Waals surface area contributed by atoms with E-state index in [1.54, 1.807) is 0 Å². The molecule has 0 aliphatic carbocycles. The molecule has 1 aromatic rings. The summed E-state index contributed by atoms with van der Waals surface area (Å²) < 4.78 is 37.0. The van der Waals surface area contributed by atoms with Gasteiger partial charge in [0.2, 0.25) is 0 Å². The van der Waals surface area contributed by atoms with Gasteiger partial charge in [0.05, 0.1) is 11.5 Å². The predicted molar refractivity (Wildman–Crippen MR) is 43.5 cm³/mol. The molecular formula is C8H3BrF3O2-. The molecule has 0 atom stereocenters. The third kappa shape index (κ3) is 2.25. The van der Waals surface area contributed by atoms with E-state index in [-0.39, 0.29) is 4.47 Å². The molecule has 76 valence electrons. The number of carbonyl (C=O) groups excluding carboxylic acids is 1. The van der Waals surface area contributed by atoms with Crippen LogP contribution in [0.4, 0.5) is 13.2 Å². The third-order valence-electron chi connectivity index (χ3n) is 1.51. The van der Waals surface area contributed by atoms with Gasteiger partial charge in [-0.3, -0.25) is 0 Å². The van der Waals surface area contributed by atoms with Gasteiger partial charge < -0.3 is 9.90 Å². The fourth-order valence-corrected chi connectivity index (χ4v) is 1.29. The Morgan fingerprint density at radius 3 is 2.36 bits per heavy atom. The summed E-state index contributed by atoms with van der Waals surface area (Å²) in [5.74, 6) is -1.84. The second kappa shape index (κ2) is 3.61. The Morgan fingerprint density at radius 1 is 1.36 bits per heavy atom. The maximum Gasteiger partial charge on any atom is 0.417 e. The molecule has 0 N–H and O–H groups in total. The highest BCUT2D eigenvalue weighted by Crippen LogP contribution is 2.33. The number of aromatic carboxylic acids is 1. The van der Waals surface area contributed by atoms with Crippen LogP contribution >= 0.6 is 15.9 Å². The van der Waals surface area contributed by atoms with Gasteiger partial charge in [-0.15, -0.1) is 0 Å². The fourth-order valence-electron chi connectivity index (χ4n) is 0.929. The Hall–Kier alpha value is -1.04. The smallest absolute Gasteiger partial charge is 0.417 e. The molecule has 0 aliphatic heterocycles. The molecule has 0 aliphatic rings. The van der Waals surface area contributed by atoms with Crippen molar-refractivity contribution >= 4 is 21.9 Å². The lowest BCUT2D eigenvalue weighted by Gasteiger charge is -2.13. The summed E-state index contributed by atoms with van der Waals surface area (Å²) in [5, 5.41) is 10.4. The van der Waals surface area contributed by atoms with Gasteiger partial charge in [-0.05, 0) is 12.1 Å². The normalized spacial score (nSPS) is 11.4. The Balaban J connectivity index is 3.38.